The van der Waals surface area contributed by atoms with Crippen LogP contribution in [0.3, 0.4) is 0 Å². The van der Waals surface area contributed by atoms with E-state index in [-0.39, 0.29) is 18.5 Å². The first-order valence-corrected chi connectivity index (χ1v) is 37.3. The standard InChI is InChI=1S/C76H145NO5/c1-3-5-7-9-11-13-15-16-17-44-47-50-54-58-62-66-70-76(81)82-71-67-63-59-55-51-48-45-42-40-38-36-34-32-30-28-26-24-22-20-18-19-21-23-25-27-29-31-33-35-37-39-41-43-46-49-53-57-61-65-69-75(80)77-73(72-78)74(79)68-64-60-56-52-14-12-10-8-6-4-2/h13,15,17,44,64,68,73-74,78-79H,3-12,14,16,18-43,45-63,65-67,69-72H2,1-2H3,(H,77,80)/b15-13-,44-17-,68-64+. The topological polar surface area (TPSA) is 95.9 Å². The summed E-state index contributed by atoms with van der Waals surface area (Å²) in [5.41, 5.74) is 0. The summed E-state index contributed by atoms with van der Waals surface area (Å²) in [5, 5.41) is 23.0. The Bertz CT molecular complexity index is 1330. The number of esters is 1. The van der Waals surface area contributed by atoms with Crippen LogP contribution in [0, 0.1) is 0 Å². The van der Waals surface area contributed by atoms with Crippen molar-refractivity contribution in [2.75, 3.05) is 13.2 Å². The molecule has 0 spiro atoms. The molecule has 0 heterocycles. The first-order chi connectivity index (χ1) is 40.5. The summed E-state index contributed by atoms with van der Waals surface area (Å²) < 4.78 is 5.50. The van der Waals surface area contributed by atoms with E-state index in [1.165, 1.54) is 334 Å². The maximum Gasteiger partial charge on any atom is 0.305 e. The van der Waals surface area contributed by atoms with Gasteiger partial charge in [0.15, 0.2) is 0 Å². The number of rotatable bonds is 70. The number of aliphatic hydroxyl groups is 2. The summed E-state index contributed by atoms with van der Waals surface area (Å²) in [7, 11) is 0. The molecule has 0 aromatic rings. The zero-order valence-corrected chi connectivity index (χ0v) is 55.5. The van der Waals surface area contributed by atoms with Crippen LogP contribution in [-0.4, -0.2) is 47.4 Å². The van der Waals surface area contributed by atoms with Gasteiger partial charge in [0.1, 0.15) is 0 Å². The number of unbranched alkanes of at least 4 members (excludes halogenated alkanes) is 55. The van der Waals surface area contributed by atoms with Crippen molar-refractivity contribution in [2.45, 2.75) is 424 Å². The molecule has 0 saturated heterocycles. The van der Waals surface area contributed by atoms with Crippen LogP contribution in [0.15, 0.2) is 36.5 Å². The normalized spacial score (nSPS) is 12.7. The van der Waals surface area contributed by atoms with E-state index in [9.17, 15) is 19.8 Å². The molecule has 0 radical (unpaired) electrons. The molecule has 1 amide bonds. The molecule has 6 nitrogen and oxygen atoms in total. The van der Waals surface area contributed by atoms with Gasteiger partial charge in [-0.05, 0) is 64.2 Å². The molecule has 0 aliphatic carbocycles. The predicted molar refractivity (Wildman–Crippen MR) is 361 cm³/mol. The number of hydrogen-bond donors (Lipinski definition) is 3. The first-order valence-electron chi connectivity index (χ1n) is 37.3. The molecule has 82 heavy (non-hydrogen) atoms. The van der Waals surface area contributed by atoms with Gasteiger partial charge in [-0.3, -0.25) is 9.59 Å². The molecule has 0 bridgehead atoms. The van der Waals surface area contributed by atoms with Crippen LogP contribution in [0.1, 0.15) is 412 Å². The van der Waals surface area contributed by atoms with Crippen LogP contribution in [0.25, 0.3) is 0 Å². The largest absolute Gasteiger partial charge is 0.466 e. The predicted octanol–water partition coefficient (Wildman–Crippen LogP) is 24.3. The highest BCUT2D eigenvalue weighted by Crippen LogP contribution is 2.19. The van der Waals surface area contributed by atoms with Crippen LogP contribution in [0.4, 0.5) is 0 Å². The quantitative estimate of drug-likeness (QED) is 0.0320. The van der Waals surface area contributed by atoms with Gasteiger partial charge in [0.2, 0.25) is 5.91 Å². The maximum absolute atomic E-state index is 12.4. The van der Waals surface area contributed by atoms with Crippen molar-refractivity contribution in [1.29, 1.82) is 0 Å². The lowest BCUT2D eigenvalue weighted by molar-refractivity contribution is -0.143. The summed E-state index contributed by atoms with van der Waals surface area (Å²) in [6.07, 6.45) is 92.7. The summed E-state index contributed by atoms with van der Waals surface area (Å²) in [4.78, 5) is 24.5. The molecule has 2 atom stereocenters. The van der Waals surface area contributed by atoms with Gasteiger partial charge in [-0.15, -0.1) is 0 Å². The van der Waals surface area contributed by atoms with E-state index >= 15 is 0 Å². The zero-order chi connectivity index (χ0) is 59.2. The van der Waals surface area contributed by atoms with Crippen LogP contribution in [-0.2, 0) is 14.3 Å². The number of ether oxygens (including phenoxy) is 1. The first kappa shape index (κ1) is 80.1. The fourth-order valence-corrected chi connectivity index (χ4v) is 11.7. The van der Waals surface area contributed by atoms with Crippen molar-refractivity contribution >= 4 is 11.9 Å². The van der Waals surface area contributed by atoms with Crippen LogP contribution in [0.2, 0.25) is 0 Å². The Balaban J connectivity index is 3.28. The second-order valence-electron chi connectivity index (χ2n) is 25.6. The lowest BCUT2D eigenvalue weighted by atomic mass is 10.0. The Morgan fingerprint density at radius 3 is 0.939 bits per heavy atom. The number of nitrogens with one attached hydrogen (secondary N) is 1. The molecule has 0 aromatic carbocycles. The Labute approximate surface area is 513 Å². The lowest BCUT2D eigenvalue weighted by Gasteiger charge is -2.20. The van der Waals surface area contributed by atoms with Crippen LogP contribution in [0.5, 0.6) is 0 Å². The van der Waals surface area contributed by atoms with E-state index < -0.39 is 12.1 Å². The molecule has 0 saturated carbocycles. The fraction of sp³-hybridized carbons (Fsp3) is 0.895. The highest BCUT2D eigenvalue weighted by atomic mass is 16.5. The minimum atomic E-state index is -0.838. The highest BCUT2D eigenvalue weighted by molar-refractivity contribution is 5.76. The summed E-state index contributed by atoms with van der Waals surface area (Å²) in [5.74, 6) is -0.0516. The minimum Gasteiger partial charge on any atom is -0.466 e. The van der Waals surface area contributed by atoms with Gasteiger partial charge >= 0.3 is 5.97 Å². The van der Waals surface area contributed by atoms with Gasteiger partial charge in [-0.25, -0.2) is 0 Å². The summed E-state index contributed by atoms with van der Waals surface area (Å²) >= 11 is 0. The molecule has 484 valence electrons. The Morgan fingerprint density at radius 1 is 0.341 bits per heavy atom. The van der Waals surface area contributed by atoms with E-state index in [0.29, 0.717) is 19.4 Å². The molecular weight excluding hydrogens is 1010 g/mol. The number of carbonyl (C=O) groups excluding carboxylic acids is 2. The lowest BCUT2D eigenvalue weighted by Crippen LogP contribution is -2.45. The smallest absolute Gasteiger partial charge is 0.305 e. The third-order valence-electron chi connectivity index (χ3n) is 17.4. The van der Waals surface area contributed by atoms with Crippen molar-refractivity contribution < 1.29 is 24.5 Å². The van der Waals surface area contributed by atoms with Crippen molar-refractivity contribution in [3.8, 4) is 0 Å². The molecule has 0 rings (SSSR count). The summed E-state index contributed by atoms with van der Waals surface area (Å²) in [6.45, 7) is 4.89. The third-order valence-corrected chi connectivity index (χ3v) is 17.4. The Kier molecular flexibility index (Phi) is 69.9. The van der Waals surface area contributed by atoms with Crippen molar-refractivity contribution in [3.63, 3.8) is 0 Å². The molecule has 3 N–H and O–H groups in total. The molecule has 0 fully saturated rings. The van der Waals surface area contributed by atoms with Gasteiger partial charge < -0.3 is 20.3 Å². The molecule has 6 heteroatoms. The number of amides is 1. The SMILES string of the molecule is CCCCCC/C=C\C/C=C\CCCCCCCC(=O)OCCCCCCCCCCCCCCCCCCCCCCCCCCCCCCCCCCCCCCCCCC(=O)NC(CO)C(O)/C=C/CCCCCCCCCC. The molecule has 0 aliphatic heterocycles. The Hall–Kier alpha value is -1.92. The van der Waals surface area contributed by atoms with Crippen molar-refractivity contribution in [2.24, 2.45) is 0 Å². The average Bonchev–Trinajstić information content (AvgIpc) is 3.48. The number of allylic oxidation sites excluding steroid dienone is 5. The molecular formula is C76H145NO5. The highest BCUT2D eigenvalue weighted by Gasteiger charge is 2.18. The van der Waals surface area contributed by atoms with Gasteiger partial charge in [0.25, 0.3) is 0 Å². The number of aliphatic hydroxyl groups excluding tert-OH is 2. The van der Waals surface area contributed by atoms with Crippen molar-refractivity contribution in [3.05, 3.63) is 36.5 Å². The van der Waals surface area contributed by atoms with Gasteiger partial charge in [0.05, 0.1) is 25.4 Å². The number of hydrogen-bond acceptors (Lipinski definition) is 5. The van der Waals surface area contributed by atoms with Crippen LogP contribution < -0.4 is 5.32 Å². The maximum atomic E-state index is 12.4. The van der Waals surface area contributed by atoms with E-state index in [0.717, 1.165) is 51.4 Å². The van der Waals surface area contributed by atoms with Crippen molar-refractivity contribution in [1.82, 2.24) is 5.32 Å². The van der Waals surface area contributed by atoms with Crippen LogP contribution >= 0.6 is 0 Å². The molecule has 2 unspecified atom stereocenters. The van der Waals surface area contributed by atoms with E-state index in [1.807, 2.05) is 6.08 Å². The monoisotopic (exact) mass is 1150 g/mol. The fourth-order valence-electron chi connectivity index (χ4n) is 11.7. The summed E-state index contributed by atoms with van der Waals surface area (Å²) in [6, 6.07) is -0.621. The second kappa shape index (κ2) is 71.6. The third kappa shape index (κ3) is 67.2. The van der Waals surface area contributed by atoms with Gasteiger partial charge in [0, 0.05) is 12.8 Å². The van der Waals surface area contributed by atoms with Gasteiger partial charge in [-0.2, -0.15) is 0 Å². The number of carbonyl (C=O) groups is 2. The van der Waals surface area contributed by atoms with E-state index in [4.69, 9.17) is 4.74 Å². The molecule has 0 aliphatic rings. The van der Waals surface area contributed by atoms with Gasteiger partial charge in [-0.1, -0.05) is 371 Å². The molecule has 0 aromatic heterocycles. The van der Waals surface area contributed by atoms with E-state index in [1.54, 1.807) is 6.08 Å². The minimum absolute atomic E-state index is 0.0107. The zero-order valence-electron chi connectivity index (χ0n) is 55.5. The Morgan fingerprint density at radius 2 is 0.610 bits per heavy atom. The second-order valence-corrected chi connectivity index (χ2v) is 25.6. The average molecular weight is 1150 g/mol. The van der Waals surface area contributed by atoms with E-state index in [2.05, 4.69) is 43.5 Å².